The summed E-state index contributed by atoms with van der Waals surface area (Å²) in [6, 6.07) is 3.78. The molecule has 5 heteroatoms. The first-order chi connectivity index (χ1) is 8.42. The molecule has 0 amide bonds. The van der Waals surface area contributed by atoms with Gasteiger partial charge in [-0.3, -0.25) is 0 Å². The molecule has 0 unspecified atom stereocenters. The lowest BCUT2D eigenvalue weighted by Gasteiger charge is -2.05. The minimum atomic E-state index is 0.274. The standard InChI is InChI=1S/C12H16N2O2S/c15-6-1-8-17-9-5-14-12-10-3-7-16-11(10)2-4-13-12/h2-4,7,15H,1,5-6,8-9H2,(H,13,14). The number of nitrogens with zero attached hydrogens (tertiary/aromatic N) is 1. The van der Waals surface area contributed by atoms with Crippen molar-refractivity contribution in [1.29, 1.82) is 0 Å². The summed E-state index contributed by atoms with van der Waals surface area (Å²) in [7, 11) is 0. The predicted molar refractivity (Wildman–Crippen MR) is 71.5 cm³/mol. The molecule has 92 valence electrons. The van der Waals surface area contributed by atoms with Gasteiger partial charge in [0.15, 0.2) is 0 Å². The van der Waals surface area contributed by atoms with Crippen molar-refractivity contribution < 1.29 is 9.52 Å². The van der Waals surface area contributed by atoms with E-state index in [1.165, 1.54) is 0 Å². The van der Waals surface area contributed by atoms with E-state index in [4.69, 9.17) is 9.52 Å². The highest BCUT2D eigenvalue weighted by atomic mass is 32.2. The molecule has 17 heavy (non-hydrogen) atoms. The van der Waals surface area contributed by atoms with Crippen molar-refractivity contribution in [1.82, 2.24) is 4.98 Å². The molecular formula is C12H16N2O2S. The molecule has 2 N–H and O–H groups in total. The Balaban J connectivity index is 1.80. The molecule has 0 atom stereocenters. The number of thioether (sulfide) groups is 1. The number of pyridine rings is 1. The molecule has 0 fully saturated rings. The minimum absolute atomic E-state index is 0.274. The van der Waals surface area contributed by atoms with Gasteiger partial charge in [0.1, 0.15) is 11.4 Å². The Kier molecular flexibility index (Phi) is 4.70. The fourth-order valence-electron chi connectivity index (χ4n) is 1.55. The zero-order valence-corrected chi connectivity index (χ0v) is 10.4. The third-order valence-electron chi connectivity index (χ3n) is 2.37. The lowest BCUT2D eigenvalue weighted by molar-refractivity contribution is 0.296. The zero-order valence-electron chi connectivity index (χ0n) is 9.56. The zero-order chi connectivity index (χ0) is 11.9. The van der Waals surface area contributed by atoms with Gasteiger partial charge in [-0.25, -0.2) is 4.98 Å². The summed E-state index contributed by atoms with van der Waals surface area (Å²) in [5.74, 6) is 2.89. The average Bonchev–Trinajstić information content (AvgIpc) is 2.82. The predicted octanol–water partition coefficient (Wildman–Crippen LogP) is 2.36. The van der Waals surface area contributed by atoms with Crippen LogP contribution in [-0.4, -0.2) is 34.7 Å². The molecule has 0 aromatic carbocycles. The molecule has 4 nitrogen and oxygen atoms in total. The summed E-state index contributed by atoms with van der Waals surface area (Å²) in [6.07, 6.45) is 4.28. The molecule has 2 heterocycles. The second-order valence-electron chi connectivity index (χ2n) is 3.61. The highest BCUT2D eigenvalue weighted by Gasteiger charge is 2.03. The van der Waals surface area contributed by atoms with Crippen LogP contribution in [0.2, 0.25) is 0 Å². The number of fused-ring (bicyclic) bond motifs is 1. The molecule has 0 aliphatic rings. The molecule has 2 aromatic rings. The van der Waals surface area contributed by atoms with Crippen LogP contribution in [0.1, 0.15) is 6.42 Å². The largest absolute Gasteiger partial charge is 0.464 e. The first kappa shape index (κ1) is 12.3. The first-order valence-electron chi connectivity index (χ1n) is 5.66. The Bertz CT molecular complexity index is 458. The normalized spacial score (nSPS) is 10.9. The molecule has 0 saturated carbocycles. The van der Waals surface area contributed by atoms with Gasteiger partial charge in [-0.2, -0.15) is 11.8 Å². The summed E-state index contributed by atoms with van der Waals surface area (Å²) in [5.41, 5.74) is 0.857. The monoisotopic (exact) mass is 252 g/mol. The summed E-state index contributed by atoms with van der Waals surface area (Å²) < 4.78 is 5.30. The number of nitrogens with one attached hydrogen (secondary N) is 1. The maximum Gasteiger partial charge on any atom is 0.139 e. The van der Waals surface area contributed by atoms with Crippen molar-refractivity contribution >= 4 is 28.5 Å². The molecule has 2 rings (SSSR count). The van der Waals surface area contributed by atoms with Gasteiger partial charge in [0, 0.05) is 25.1 Å². The van der Waals surface area contributed by atoms with Crippen LogP contribution in [0.5, 0.6) is 0 Å². The molecule has 0 aliphatic carbocycles. The third-order valence-corrected chi connectivity index (χ3v) is 3.44. The average molecular weight is 252 g/mol. The van der Waals surface area contributed by atoms with E-state index in [-0.39, 0.29) is 6.61 Å². The van der Waals surface area contributed by atoms with Crippen LogP contribution in [0.15, 0.2) is 29.0 Å². The number of aliphatic hydroxyl groups is 1. The van der Waals surface area contributed by atoms with Crippen LogP contribution in [0.25, 0.3) is 11.0 Å². The van der Waals surface area contributed by atoms with Crippen LogP contribution in [0.3, 0.4) is 0 Å². The van der Waals surface area contributed by atoms with Crippen LogP contribution in [-0.2, 0) is 0 Å². The number of hydrogen-bond donors (Lipinski definition) is 2. The molecule has 0 aliphatic heterocycles. The lowest BCUT2D eigenvalue weighted by Crippen LogP contribution is -2.06. The van der Waals surface area contributed by atoms with E-state index in [1.807, 2.05) is 23.9 Å². The van der Waals surface area contributed by atoms with Gasteiger partial charge in [0.05, 0.1) is 11.6 Å². The molecule has 0 radical (unpaired) electrons. The lowest BCUT2D eigenvalue weighted by atomic mass is 10.3. The van der Waals surface area contributed by atoms with Gasteiger partial charge in [0.2, 0.25) is 0 Å². The maximum atomic E-state index is 8.65. The second kappa shape index (κ2) is 6.51. The third kappa shape index (κ3) is 3.38. The highest BCUT2D eigenvalue weighted by Crippen LogP contribution is 2.21. The van der Waals surface area contributed by atoms with Crippen LogP contribution in [0, 0.1) is 0 Å². The van der Waals surface area contributed by atoms with Crippen LogP contribution in [0.4, 0.5) is 5.82 Å². The fraction of sp³-hybridized carbons (Fsp3) is 0.417. The Morgan fingerprint density at radius 2 is 2.29 bits per heavy atom. The van der Waals surface area contributed by atoms with Crippen LogP contribution < -0.4 is 5.32 Å². The Morgan fingerprint density at radius 3 is 3.18 bits per heavy atom. The van der Waals surface area contributed by atoms with E-state index < -0.39 is 0 Å². The van der Waals surface area contributed by atoms with Gasteiger partial charge in [-0.1, -0.05) is 0 Å². The Morgan fingerprint density at radius 1 is 1.35 bits per heavy atom. The van der Waals surface area contributed by atoms with Crippen LogP contribution >= 0.6 is 11.8 Å². The van der Waals surface area contributed by atoms with E-state index in [1.54, 1.807) is 12.5 Å². The maximum absolute atomic E-state index is 8.65. The molecule has 2 aromatic heterocycles. The first-order valence-corrected chi connectivity index (χ1v) is 6.82. The number of hydrogen-bond acceptors (Lipinski definition) is 5. The summed E-state index contributed by atoms with van der Waals surface area (Å²) in [6.45, 7) is 1.14. The molecule has 0 bridgehead atoms. The molecule has 0 spiro atoms. The summed E-state index contributed by atoms with van der Waals surface area (Å²) in [4.78, 5) is 4.29. The minimum Gasteiger partial charge on any atom is -0.464 e. The van der Waals surface area contributed by atoms with Gasteiger partial charge >= 0.3 is 0 Å². The highest BCUT2D eigenvalue weighted by molar-refractivity contribution is 7.99. The summed E-state index contributed by atoms with van der Waals surface area (Å²) >= 11 is 1.83. The number of furan rings is 1. The summed E-state index contributed by atoms with van der Waals surface area (Å²) in [5, 5.41) is 13.0. The number of aliphatic hydroxyl groups excluding tert-OH is 1. The van der Waals surface area contributed by atoms with Gasteiger partial charge in [-0.05, 0) is 24.3 Å². The van der Waals surface area contributed by atoms with E-state index in [0.717, 1.165) is 41.3 Å². The van der Waals surface area contributed by atoms with Crippen molar-refractivity contribution in [2.75, 3.05) is 30.0 Å². The van der Waals surface area contributed by atoms with Crippen molar-refractivity contribution in [2.45, 2.75) is 6.42 Å². The van der Waals surface area contributed by atoms with Crippen molar-refractivity contribution in [2.24, 2.45) is 0 Å². The van der Waals surface area contributed by atoms with Crippen molar-refractivity contribution in [3.8, 4) is 0 Å². The van der Waals surface area contributed by atoms with Crippen molar-refractivity contribution in [3.05, 3.63) is 24.6 Å². The Hall–Kier alpha value is -1.20. The smallest absolute Gasteiger partial charge is 0.139 e. The van der Waals surface area contributed by atoms with E-state index in [2.05, 4.69) is 10.3 Å². The van der Waals surface area contributed by atoms with Gasteiger partial charge in [-0.15, -0.1) is 0 Å². The molecular weight excluding hydrogens is 236 g/mol. The number of aromatic nitrogens is 1. The number of anilines is 1. The Labute approximate surface area is 104 Å². The van der Waals surface area contributed by atoms with E-state index in [0.29, 0.717) is 0 Å². The van der Waals surface area contributed by atoms with Gasteiger partial charge < -0.3 is 14.8 Å². The van der Waals surface area contributed by atoms with Crippen molar-refractivity contribution in [3.63, 3.8) is 0 Å². The second-order valence-corrected chi connectivity index (χ2v) is 4.83. The fourth-order valence-corrected chi connectivity index (χ4v) is 2.33. The number of rotatable bonds is 7. The topological polar surface area (TPSA) is 58.3 Å². The van der Waals surface area contributed by atoms with E-state index in [9.17, 15) is 0 Å². The molecule has 0 saturated heterocycles. The van der Waals surface area contributed by atoms with Gasteiger partial charge in [0.25, 0.3) is 0 Å². The SMILES string of the molecule is OCCCSCCNc1nccc2occc12. The quantitative estimate of drug-likeness (QED) is 0.741. The van der Waals surface area contributed by atoms with E-state index >= 15 is 0 Å².